The summed E-state index contributed by atoms with van der Waals surface area (Å²) in [7, 11) is 0. The summed E-state index contributed by atoms with van der Waals surface area (Å²) in [6.07, 6.45) is 3.96. The molecule has 0 amide bonds. The van der Waals surface area contributed by atoms with E-state index < -0.39 is 0 Å². The average molecular weight is 177 g/mol. The molecule has 0 saturated heterocycles. The molecular formula is C10H7ClN. The predicted octanol–water partition coefficient (Wildman–Crippen LogP) is 2.93. The van der Waals surface area contributed by atoms with Crippen LogP contribution in [0.5, 0.6) is 0 Å². The minimum atomic E-state index is 0.640. The first-order valence-electron chi connectivity index (χ1n) is 3.67. The summed E-state index contributed by atoms with van der Waals surface area (Å²) in [5, 5.41) is 0.640. The Balaban J connectivity index is 2.48. The molecule has 0 aliphatic heterocycles. The first-order chi connectivity index (χ1) is 5.86. The van der Waals surface area contributed by atoms with Crippen LogP contribution in [-0.4, -0.2) is 4.57 Å². The number of hydrogen-bond acceptors (Lipinski definition) is 0. The van der Waals surface area contributed by atoms with Gasteiger partial charge in [-0.25, -0.2) is 0 Å². The summed E-state index contributed by atoms with van der Waals surface area (Å²) in [5.74, 6) is 0. The van der Waals surface area contributed by atoms with Gasteiger partial charge in [0.1, 0.15) is 0 Å². The second-order valence-corrected chi connectivity index (χ2v) is 2.89. The van der Waals surface area contributed by atoms with Gasteiger partial charge in [-0.1, -0.05) is 17.7 Å². The Morgan fingerprint density at radius 2 is 2.00 bits per heavy atom. The van der Waals surface area contributed by atoms with Gasteiger partial charge in [-0.3, -0.25) is 0 Å². The van der Waals surface area contributed by atoms with Gasteiger partial charge >= 0.3 is 0 Å². The summed E-state index contributed by atoms with van der Waals surface area (Å²) < 4.78 is 2.00. The summed E-state index contributed by atoms with van der Waals surface area (Å²) in [6.45, 7) is 0. The van der Waals surface area contributed by atoms with Gasteiger partial charge in [-0.05, 0) is 24.3 Å². The van der Waals surface area contributed by atoms with Gasteiger partial charge in [0.2, 0.25) is 0 Å². The molecule has 0 fully saturated rings. The Labute approximate surface area is 76.2 Å². The van der Waals surface area contributed by atoms with Crippen molar-refractivity contribution < 1.29 is 0 Å². The van der Waals surface area contributed by atoms with E-state index in [0.717, 1.165) is 5.69 Å². The zero-order valence-corrected chi connectivity index (χ0v) is 7.12. The van der Waals surface area contributed by atoms with Crippen molar-refractivity contribution in [2.75, 3.05) is 0 Å². The molecule has 0 bridgehead atoms. The molecular weight excluding hydrogens is 170 g/mol. The summed E-state index contributed by atoms with van der Waals surface area (Å²) in [5.41, 5.74) is 1.06. The van der Waals surface area contributed by atoms with Crippen molar-refractivity contribution in [2.24, 2.45) is 0 Å². The first-order valence-corrected chi connectivity index (χ1v) is 4.04. The molecule has 2 rings (SSSR count). The SMILES string of the molecule is Clc1[c]ccc(-n2cccc2)c1. The molecule has 2 heteroatoms. The lowest BCUT2D eigenvalue weighted by atomic mass is 10.3. The quantitative estimate of drug-likeness (QED) is 0.630. The van der Waals surface area contributed by atoms with Crippen LogP contribution in [-0.2, 0) is 0 Å². The highest BCUT2D eigenvalue weighted by molar-refractivity contribution is 6.30. The molecule has 0 atom stereocenters. The third-order valence-electron chi connectivity index (χ3n) is 1.65. The minimum absolute atomic E-state index is 0.640. The maximum Gasteiger partial charge on any atom is 0.0505 e. The average Bonchev–Trinajstić information content (AvgIpc) is 2.56. The third kappa shape index (κ3) is 1.36. The molecule has 59 valence electrons. The molecule has 1 radical (unpaired) electrons. The highest BCUT2D eigenvalue weighted by Gasteiger charge is 1.93. The van der Waals surface area contributed by atoms with E-state index in [1.165, 1.54) is 0 Å². The zero-order valence-electron chi connectivity index (χ0n) is 6.37. The van der Waals surface area contributed by atoms with Crippen molar-refractivity contribution in [1.29, 1.82) is 0 Å². The molecule has 0 aliphatic carbocycles. The molecule has 0 spiro atoms. The fraction of sp³-hybridized carbons (Fsp3) is 0. The van der Waals surface area contributed by atoms with E-state index in [9.17, 15) is 0 Å². The Hall–Kier alpha value is -1.21. The van der Waals surface area contributed by atoms with Crippen LogP contribution in [0.25, 0.3) is 5.69 Å². The maximum absolute atomic E-state index is 5.79. The van der Waals surface area contributed by atoms with Gasteiger partial charge in [-0.2, -0.15) is 0 Å². The highest BCUT2D eigenvalue weighted by atomic mass is 35.5. The van der Waals surface area contributed by atoms with Crippen LogP contribution < -0.4 is 0 Å². The number of rotatable bonds is 1. The van der Waals surface area contributed by atoms with E-state index in [1.54, 1.807) is 0 Å². The topological polar surface area (TPSA) is 4.93 Å². The summed E-state index contributed by atoms with van der Waals surface area (Å²) >= 11 is 5.79. The third-order valence-corrected chi connectivity index (χ3v) is 1.87. The first kappa shape index (κ1) is 7.44. The number of hydrogen-bond donors (Lipinski definition) is 0. The fourth-order valence-corrected chi connectivity index (χ4v) is 1.27. The summed E-state index contributed by atoms with van der Waals surface area (Å²) in [4.78, 5) is 0. The van der Waals surface area contributed by atoms with Gasteiger partial charge in [-0.15, -0.1) is 0 Å². The van der Waals surface area contributed by atoms with Crippen molar-refractivity contribution in [3.63, 3.8) is 0 Å². The molecule has 0 saturated carbocycles. The van der Waals surface area contributed by atoms with E-state index in [4.69, 9.17) is 11.6 Å². The number of nitrogens with zero attached hydrogens (tertiary/aromatic N) is 1. The van der Waals surface area contributed by atoms with E-state index in [2.05, 4.69) is 6.07 Å². The van der Waals surface area contributed by atoms with E-state index in [0.29, 0.717) is 5.02 Å². The van der Waals surface area contributed by atoms with Crippen LogP contribution >= 0.6 is 11.6 Å². The van der Waals surface area contributed by atoms with E-state index in [1.807, 2.05) is 47.3 Å². The van der Waals surface area contributed by atoms with Crippen LogP contribution in [0.15, 0.2) is 42.7 Å². The predicted molar refractivity (Wildman–Crippen MR) is 49.6 cm³/mol. The van der Waals surface area contributed by atoms with Gasteiger partial charge in [0, 0.05) is 24.1 Å². The lowest BCUT2D eigenvalue weighted by Crippen LogP contribution is -1.87. The van der Waals surface area contributed by atoms with Gasteiger partial charge in [0.05, 0.1) is 5.02 Å². The Morgan fingerprint density at radius 3 is 2.67 bits per heavy atom. The van der Waals surface area contributed by atoms with Gasteiger partial charge in [0.15, 0.2) is 0 Å². The number of benzene rings is 1. The summed E-state index contributed by atoms with van der Waals surface area (Å²) in [6, 6.07) is 12.5. The van der Waals surface area contributed by atoms with Gasteiger partial charge in [0.25, 0.3) is 0 Å². The second-order valence-electron chi connectivity index (χ2n) is 2.49. The Bertz CT molecular complexity index is 365. The highest BCUT2D eigenvalue weighted by Crippen LogP contribution is 2.13. The molecule has 1 aromatic heterocycles. The minimum Gasteiger partial charge on any atom is -0.324 e. The Kier molecular flexibility index (Phi) is 1.88. The van der Waals surface area contributed by atoms with Crippen LogP contribution in [0.3, 0.4) is 0 Å². The van der Waals surface area contributed by atoms with Crippen molar-refractivity contribution in [1.82, 2.24) is 4.57 Å². The molecule has 1 nitrogen and oxygen atoms in total. The standard InChI is InChI=1S/C10H7ClN/c11-9-4-3-5-10(8-9)12-6-1-2-7-12/h1-3,5-8H. The molecule has 2 aromatic rings. The maximum atomic E-state index is 5.79. The van der Waals surface area contributed by atoms with Crippen molar-refractivity contribution in [3.05, 3.63) is 53.8 Å². The lowest BCUT2D eigenvalue weighted by molar-refractivity contribution is 1.08. The second kappa shape index (κ2) is 3.03. The molecule has 0 N–H and O–H groups in total. The molecule has 0 unspecified atom stereocenters. The fourth-order valence-electron chi connectivity index (χ4n) is 1.09. The van der Waals surface area contributed by atoms with Crippen molar-refractivity contribution in [2.45, 2.75) is 0 Å². The largest absolute Gasteiger partial charge is 0.324 e. The molecule has 1 aromatic carbocycles. The van der Waals surface area contributed by atoms with Crippen LogP contribution in [0.1, 0.15) is 0 Å². The number of halogens is 1. The van der Waals surface area contributed by atoms with Crippen molar-refractivity contribution >= 4 is 11.6 Å². The van der Waals surface area contributed by atoms with E-state index >= 15 is 0 Å². The van der Waals surface area contributed by atoms with Crippen LogP contribution in [0.4, 0.5) is 0 Å². The molecule has 12 heavy (non-hydrogen) atoms. The lowest BCUT2D eigenvalue weighted by Gasteiger charge is -2.01. The van der Waals surface area contributed by atoms with Crippen LogP contribution in [0, 0.1) is 6.07 Å². The smallest absolute Gasteiger partial charge is 0.0505 e. The normalized spacial score (nSPS) is 10.1. The van der Waals surface area contributed by atoms with Crippen molar-refractivity contribution in [3.8, 4) is 5.69 Å². The monoisotopic (exact) mass is 176 g/mol. The van der Waals surface area contributed by atoms with Crippen LogP contribution in [0.2, 0.25) is 5.02 Å². The molecule has 0 aliphatic rings. The van der Waals surface area contributed by atoms with Gasteiger partial charge < -0.3 is 4.57 Å². The Morgan fingerprint density at radius 1 is 1.25 bits per heavy atom. The number of aromatic nitrogens is 1. The van der Waals surface area contributed by atoms with E-state index in [-0.39, 0.29) is 0 Å². The zero-order chi connectivity index (χ0) is 8.39. The molecule has 1 heterocycles.